The summed E-state index contributed by atoms with van der Waals surface area (Å²) < 4.78 is 6.21. The second-order valence-electron chi connectivity index (χ2n) is 21.7. The van der Waals surface area contributed by atoms with Crippen LogP contribution in [0.15, 0.2) is 35.5 Å². The van der Waals surface area contributed by atoms with Crippen molar-refractivity contribution < 1.29 is 24.2 Å². The summed E-state index contributed by atoms with van der Waals surface area (Å²) in [5, 5.41) is 9.65. The van der Waals surface area contributed by atoms with E-state index >= 15 is 0 Å². The fourth-order valence-corrected chi connectivity index (χ4v) is 13.9. The molecule has 312 valence electrons. The van der Waals surface area contributed by atoms with E-state index in [2.05, 4.69) is 91.4 Å². The van der Waals surface area contributed by atoms with Crippen molar-refractivity contribution >= 4 is 17.7 Å². The molecule has 8 heteroatoms. The van der Waals surface area contributed by atoms with E-state index in [9.17, 15) is 19.5 Å². The Balaban J connectivity index is 1.27. The normalized spacial score (nSPS) is 35.9. The Bertz CT molecular complexity index is 1680. The third kappa shape index (κ3) is 7.13. The van der Waals surface area contributed by atoms with Crippen molar-refractivity contribution in [3.8, 4) is 0 Å². The van der Waals surface area contributed by atoms with Gasteiger partial charge in [0.05, 0.1) is 17.5 Å². The second-order valence-corrected chi connectivity index (χ2v) is 21.7. The van der Waals surface area contributed by atoms with Crippen LogP contribution in [0.1, 0.15) is 152 Å². The number of fused-ring (bicyclic) bond motifs is 7. The maximum absolute atomic E-state index is 14.3. The van der Waals surface area contributed by atoms with Crippen LogP contribution in [-0.2, 0) is 19.1 Å². The largest absolute Gasteiger partial charge is 0.481 e. The molecule has 1 aromatic rings. The summed E-state index contributed by atoms with van der Waals surface area (Å²) >= 11 is 0. The number of aliphatic carboxylic acids is 1. The number of ether oxygens (including phenoxy) is 1. The van der Waals surface area contributed by atoms with E-state index in [1.54, 1.807) is 19.4 Å². The number of carbonyl (C=O) groups is 3. The number of hydrogen-bond donors (Lipinski definition) is 1. The van der Waals surface area contributed by atoms with Gasteiger partial charge in [-0.05, 0) is 157 Å². The van der Waals surface area contributed by atoms with Crippen molar-refractivity contribution in [2.24, 2.45) is 56.2 Å². The first-order valence-electron chi connectivity index (χ1n) is 22.0. The van der Waals surface area contributed by atoms with Crippen LogP contribution in [0.25, 0.3) is 0 Å². The van der Waals surface area contributed by atoms with E-state index in [0.717, 1.165) is 82.3 Å². The van der Waals surface area contributed by atoms with Gasteiger partial charge in [-0.1, -0.05) is 60.1 Å². The zero-order chi connectivity index (χ0) is 41.2. The number of nitrogens with zero attached hydrogens (tertiary/aromatic N) is 3. The number of esters is 1. The Kier molecular flexibility index (Phi) is 11.7. The summed E-state index contributed by atoms with van der Waals surface area (Å²) in [6.45, 7) is 25.3. The molecule has 0 aromatic carbocycles. The number of carbonyl (C=O) groups excluding carboxylic acids is 2. The molecule has 6 rings (SSSR count). The maximum atomic E-state index is 14.3. The van der Waals surface area contributed by atoms with Crippen LogP contribution in [0.3, 0.4) is 0 Å². The van der Waals surface area contributed by atoms with Crippen LogP contribution in [0.5, 0.6) is 0 Å². The Labute approximate surface area is 339 Å². The molecule has 0 amide bonds. The number of allylic oxidation sites excluding steroid dienone is 2. The van der Waals surface area contributed by atoms with Crippen LogP contribution in [0.4, 0.5) is 0 Å². The minimum Gasteiger partial charge on any atom is -0.481 e. The Hall–Kier alpha value is -2.58. The number of ketones is 1. The quantitative estimate of drug-likeness (QED) is 0.198. The fraction of sp³-hybridized carbons (Fsp3) is 0.792. The van der Waals surface area contributed by atoms with Gasteiger partial charge in [0.1, 0.15) is 6.10 Å². The van der Waals surface area contributed by atoms with Gasteiger partial charge in [-0.15, -0.1) is 0 Å². The molecule has 0 saturated heterocycles. The lowest BCUT2D eigenvalue weighted by atomic mass is 9.33. The topological polar surface area (TPSA) is 100 Å². The van der Waals surface area contributed by atoms with Crippen molar-refractivity contribution in [2.75, 3.05) is 33.7 Å². The molecule has 1 aromatic heterocycles. The molecule has 0 aliphatic heterocycles. The highest BCUT2D eigenvalue weighted by Gasteiger charge is 2.70. The van der Waals surface area contributed by atoms with Gasteiger partial charge in [0, 0.05) is 42.6 Å². The highest BCUT2D eigenvalue weighted by Crippen LogP contribution is 2.77. The third-order valence-corrected chi connectivity index (χ3v) is 17.3. The first-order valence-corrected chi connectivity index (χ1v) is 22.0. The van der Waals surface area contributed by atoms with Crippen LogP contribution >= 0.6 is 0 Å². The van der Waals surface area contributed by atoms with Crippen LogP contribution in [0, 0.1) is 56.2 Å². The van der Waals surface area contributed by atoms with Gasteiger partial charge in [-0.2, -0.15) is 0 Å². The summed E-state index contributed by atoms with van der Waals surface area (Å²) in [6, 6.07) is 6.43. The van der Waals surface area contributed by atoms with Gasteiger partial charge >= 0.3 is 11.9 Å². The highest BCUT2D eigenvalue weighted by molar-refractivity contribution is 6.00. The molecule has 5 aliphatic rings. The minimum absolute atomic E-state index is 0.0789. The number of likely N-dealkylation sites (N-methyl/N-ethyl adjacent to an activating group) is 1. The van der Waals surface area contributed by atoms with Gasteiger partial charge < -0.3 is 14.7 Å². The molecular formula is C48H75N3O5. The first-order chi connectivity index (χ1) is 26.0. The van der Waals surface area contributed by atoms with Crippen molar-refractivity contribution in [2.45, 2.75) is 152 Å². The second kappa shape index (κ2) is 15.2. The lowest BCUT2D eigenvalue weighted by Crippen LogP contribution is -2.65. The average molecular weight is 774 g/mol. The molecule has 4 fully saturated rings. The Morgan fingerprint density at radius 3 is 2.25 bits per heavy atom. The molecule has 9 atom stereocenters. The van der Waals surface area contributed by atoms with Gasteiger partial charge in [0.15, 0.2) is 5.78 Å². The number of aromatic nitrogens is 1. The van der Waals surface area contributed by atoms with Crippen LogP contribution in [-0.4, -0.2) is 77.4 Å². The van der Waals surface area contributed by atoms with Crippen molar-refractivity contribution in [3.05, 3.63) is 41.2 Å². The number of carboxylic acid groups (broad SMARTS) is 1. The molecular weight excluding hydrogens is 699 g/mol. The van der Waals surface area contributed by atoms with Gasteiger partial charge in [-0.3, -0.25) is 24.3 Å². The number of hydrogen-bond acceptors (Lipinski definition) is 7. The molecule has 56 heavy (non-hydrogen) atoms. The molecule has 8 nitrogen and oxygen atoms in total. The van der Waals surface area contributed by atoms with Gasteiger partial charge in [-0.25, -0.2) is 0 Å². The molecule has 1 N–H and O–H groups in total. The van der Waals surface area contributed by atoms with E-state index in [-0.39, 0.29) is 51.6 Å². The van der Waals surface area contributed by atoms with Crippen LogP contribution in [0.2, 0.25) is 0 Å². The van der Waals surface area contributed by atoms with Crippen molar-refractivity contribution in [1.29, 1.82) is 0 Å². The number of rotatable bonds is 13. The van der Waals surface area contributed by atoms with Crippen molar-refractivity contribution in [1.82, 2.24) is 14.8 Å². The SMILES string of the molecule is CC(C)C1=C2[C@H]3CC[C@@H]4[C@@]5(C)CC[C@H](OC(=O)CC(C)(C)C(=O)O)C(C)(C)[C@@H]5CC[C@@]4(C)[C@]3(C)CC[C@@]2(CCN(CCN(C)C)[C@@H](C)c2ccccn2)CC1=O. The van der Waals surface area contributed by atoms with E-state index in [0.29, 0.717) is 30.0 Å². The monoisotopic (exact) mass is 774 g/mol. The van der Waals surface area contributed by atoms with Gasteiger partial charge in [0.25, 0.3) is 0 Å². The van der Waals surface area contributed by atoms with Crippen molar-refractivity contribution in [3.63, 3.8) is 0 Å². The number of carboxylic acids is 1. The highest BCUT2D eigenvalue weighted by atomic mass is 16.5. The Morgan fingerprint density at radius 1 is 0.911 bits per heavy atom. The zero-order valence-electron chi connectivity index (χ0n) is 37.1. The molecule has 0 spiro atoms. The zero-order valence-corrected chi connectivity index (χ0v) is 37.1. The van der Waals surface area contributed by atoms with E-state index in [1.807, 2.05) is 12.3 Å². The summed E-state index contributed by atoms with van der Waals surface area (Å²) in [5.74, 6) is 0.612. The molecule has 5 aliphatic carbocycles. The first kappa shape index (κ1) is 43.0. The number of pyridine rings is 1. The van der Waals surface area contributed by atoms with E-state index in [1.165, 1.54) is 6.42 Å². The van der Waals surface area contributed by atoms with E-state index in [4.69, 9.17) is 9.72 Å². The average Bonchev–Trinajstić information content (AvgIpc) is 3.41. The third-order valence-electron chi connectivity index (χ3n) is 17.3. The predicted molar refractivity (Wildman–Crippen MR) is 223 cm³/mol. The van der Waals surface area contributed by atoms with Crippen LogP contribution < -0.4 is 0 Å². The molecule has 0 unspecified atom stereocenters. The number of Topliss-reactive ketones (excluding diaryl/α,β-unsaturated/α-hetero) is 1. The molecule has 4 saturated carbocycles. The Morgan fingerprint density at radius 2 is 1.62 bits per heavy atom. The van der Waals surface area contributed by atoms with E-state index < -0.39 is 17.4 Å². The van der Waals surface area contributed by atoms with Gasteiger partial charge in [0.2, 0.25) is 0 Å². The minimum atomic E-state index is -1.15. The fourth-order valence-electron chi connectivity index (χ4n) is 13.9. The summed E-state index contributed by atoms with van der Waals surface area (Å²) in [7, 11) is 4.29. The molecule has 0 radical (unpaired) electrons. The lowest BCUT2D eigenvalue weighted by molar-refractivity contribution is -0.233. The molecule has 1 heterocycles. The standard InChI is InChI=1S/C48H75N3O5/c1-31(2)40-35(52)29-48(24-26-51(28-27-50(11)12)32(3)34-15-13-14-25-49-34)23-22-46(9)33(41(40)48)16-17-37-45(8)20-19-38(56-39(53)30-43(4,5)42(54)55)44(6,7)36(45)18-21-47(37,46)10/h13-15,25,31-33,36-38H,16-24,26-30H2,1-12H3,(H,54,55)/t32-,33+,36-,37+,38-,45-,46+,47+,48+/m0/s1. The molecule has 0 bridgehead atoms. The summed E-state index contributed by atoms with van der Waals surface area (Å²) in [4.78, 5) is 48.9. The predicted octanol–water partition coefficient (Wildman–Crippen LogP) is 9.79. The summed E-state index contributed by atoms with van der Waals surface area (Å²) in [6.07, 6.45) is 11.9. The lowest BCUT2D eigenvalue weighted by Gasteiger charge is -2.72. The maximum Gasteiger partial charge on any atom is 0.309 e. The smallest absolute Gasteiger partial charge is 0.309 e. The summed E-state index contributed by atoms with van der Waals surface area (Å²) in [5.41, 5.74) is 2.70.